The summed E-state index contributed by atoms with van der Waals surface area (Å²) in [4.78, 5) is 2.58. The van der Waals surface area contributed by atoms with E-state index in [9.17, 15) is 0 Å². The first-order valence-corrected chi connectivity index (χ1v) is 7.79. The fourth-order valence-corrected chi connectivity index (χ4v) is 3.06. The fourth-order valence-electron chi connectivity index (χ4n) is 3.06. The van der Waals surface area contributed by atoms with Gasteiger partial charge in [-0.1, -0.05) is 0 Å². The first-order valence-electron chi connectivity index (χ1n) is 7.79. The van der Waals surface area contributed by atoms with E-state index < -0.39 is 0 Å². The summed E-state index contributed by atoms with van der Waals surface area (Å²) in [6.45, 7) is 9.49. The third-order valence-electron chi connectivity index (χ3n) is 4.40. The summed E-state index contributed by atoms with van der Waals surface area (Å²) in [5.41, 5.74) is 0.340. The molecule has 1 saturated carbocycles. The molecule has 1 N–H and O–H groups in total. The normalized spacial score (nSPS) is 29.4. The average Bonchev–Trinajstić information content (AvgIpc) is 3.21. The van der Waals surface area contributed by atoms with E-state index in [-0.39, 0.29) is 0 Å². The summed E-state index contributed by atoms with van der Waals surface area (Å²) in [7, 11) is 1.74. The minimum Gasteiger partial charge on any atom is -0.385 e. The molecule has 0 amide bonds. The largest absolute Gasteiger partial charge is 0.385 e. The minimum absolute atomic E-state index is 0.340. The highest BCUT2D eigenvalue weighted by Crippen LogP contribution is 2.40. The Morgan fingerprint density at radius 2 is 2.11 bits per heavy atom. The number of nitrogens with zero attached hydrogens (tertiary/aromatic N) is 1. The highest BCUT2D eigenvalue weighted by atomic mass is 16.5. The van der Waals surface area contributed by atoms with Gasteiger partial charge in [0, 0.05) is 39.0 Å². The van der Waals surface area contributed by atoms with Gasteiger partial charge in [0.1, 0.15) is 0 Å². The number of hydrogen-bond acceptors (Lipinski definition) is 4. The first kappa shape index (κ1) is 15.2. The molecule has 0 spiro atoms. The van der Waals surface area contributed by atoms with E-state index >= 15 is 0 Å². The van der Waals surface area contributed by atoms with Gasteiger partial charge < -0.3 is 14.8 Å². The summed E-state index contributed by atoms with van der Waals surface area (Å²) >= 11 is 0. The number of hydrogen-bond donors (Lipinski definition) is 1. The number of ether oxygens (including phenoxy) is 2. The molecule has 19 heavy (non-hydrogen) atoms. The van der Waals surface area contributed by atoms with Gasteiger partial charge in [-0.05, 0) is 51.6 Å². The van der Waals surface area contributed by atoms with Crippen LogP contribution >= 0.6 is 0 Å². The second-order valence-electron chi connectivity index (χ2n) is 6.21. The summed E-state index contributed by atoms with van der Waals surface area (Å²) in [5.74, 6) is 0.899. The molecule has 2 aliphatic rings. The third-order valence-corrected chi connectivity index (χ3v) is 4.40. The Balaban J connectivity index is 1.64. The van der Waals surface area contributed by atoms with Crippen molar-refractivity contribution in [3.05, 3.63) is 0 Å². The van der Waals surface area contributed by atoms with Crippen molar-refractivity contribution in [1.82, 2.24) is 10.2 Å². The Morgan fingerprint density at radius 1 is 1.26 bits per heavy atom. The third kappa shape index (κ3) is 5.03. The fraction of sp³-hybridized carbons (Fsp3) is 1.00. The molecule has 0 bridgehead atoms. The van der Waals surface area contributed by atoms with Crippen molar-refractivity contribution in [2.24, 2.45) is 5.92 Å². The van der Waals surface area contributed by atoms with Crippen LogP contribution in [0.25, 0.3) is 0 Å². The smallest absolute Gasteiger partial charge is 0.0593 e. The molecule has 112 valence electrons. The molecule has 2 rings (SSSR count). The monoisotopic (exact) mass is 270 g/mol. The molecule has 1 aliphatic carbocycles. The molecule has 2 fully saturated rings. The molecule has 1 atom stereocenters. The Hall–Kier alpha value is -0.160. The van der Waals surface area contributed by atoms with Gasteiger partial charge in [-0.25, -0.2) is 0 Å². The van der Waals surface area contributed by atoms with Gasteiger partial charge in [-0.3, -0.25) is 4.90 Å². The van der Waals surface area contributed by atoms with Crippen molar-refractivity contribution in [2.75, 3.05) is 53.1 Å². The highest BCUT2D eigenvalue weighted by Gasteiger charge is 2.42. The zero-order valence-electron chi connectivity index (χ0n) is 12.6. The molecule has 0 radical (unpaired) electrons. The van der Waals surface area contributed by atoms with Gasteiger partial charge >= 0.3 is 0 Å². The zero-order valence-corrected chi connectivity index (χ0v) is 12.6. The molecule has 1 heterocycles. The van der Waals surface area contributed by atoms with E-state index in [2.05, 4.69) is 17.1 Å². The van der Waals surface area contributed by atoms with Gasteiger partial charge in [-0.15, -0.1) is 0 Å². The van der Waals surface area contributed by atoms with E-state index in [0.29, 0.717) is 5.54 Å². The van der Waals surface area contributed by atoms with E-state index in [1.807, 2.05) is 0 Å². The van der Waals surface area contributed by atoms with Gasteiger partial charge in [0.25, 0.3) is 0 Å². The van der Waals surface area contributed by atoms with E-state index in [1.54, 1.807) is 7.11 Å². The molecule has 0 aromatic rings. The van der Waals surface area contributed by atoms with Crippen LogP contribution in [-0.2, 0) is 9.47 Å². The second-order valence-corrected chi connectivity index (χ2v) is 6.21. The van der Waals surface area contributed by atoms with Crippen LogP contribution in [0.5, 0.6) is 0 Å². The molecule has 0 aromatic heterocycles. The molecular weight excluding hydrogens is 240 g/mol. The van der Waals surface area contributed by atoms with Crippen molar-refractivity contribution < 1.29 is 9.47 Å². The number of rotatable bonds is 8. The van der Waals surface area contributed by atoms with Crippen LogP contribution < -0.4 is 5.32 Å². The lowest BCUT2D eigenvalue weighted by Gasteiger charge is -2.33. The topological polar surface area (TPSA) is 33.7 Å². The van der Waals surface area contributed by atoms with Crippen LogP contribution in [0.2, 0.25) is 0 Å². The maximum Gasteiger partial charge on any atom is 0.0593 e. The Bertz CT molecular complexity index is 259. The van der Waals surface area contributed by atoms with E-state index in [4.69, 9.17) is 9.47 Å². The summed E-state index contributed by atoms with van der Waals surface area (Å²) < 4.78 is 10.7. The van der Waals surface area contributed by atoms with Crippen LogP contribution in [0.3, 0.4) is 0 Å². The summed E-state index contributed by atoms with van der Waals surface area (Å²) in [6, 6.07) is 0. The highest BCUT2D eigenvalue weighted by molar-refractivity contribution is 5.00. The van der Waals surface area contributed by atoms with Crippen molar-refractivity contribution in [3.63, 3.8) is 0 Å². The van der Waals surface area contributed by atoms with Gasteiger partial charge in [0.05, 0.1) is 6.61 Å². The first-order chi connectivity index (χ1) is 9.24. The molecule has 4 heteroatoms. The predicted molar refractivity (Wildman–Crippen MR) is 77.5 cm³/mol. The molecule has 4 nitrogen and oxygen atoms in total. The minimum atomic E-state index is 0.340. The van der Waals surface area contributed by atoms with E-state index in [1.165, 1.54) is 32.4 Å². The van der Waals surface area contributed by atoms with Crippen molar-refractivity contribution in [1.29, 1.82) is 0 Å². The van der Waals surface area contributed by atoms with Gasteiger partial charge in [0.15, 0.2) is 0 Å². The SMILES string of the molecule is COCCCOCCN1CCCNC(C)(C2CC2)C1. The maximum atomic E-state index is 5.68. The maximum absolute atomic E-state index is 5.68. The van der Waals surface area contributed by atoms with Crippen LogP contribution in [-0.4, -0.2) is 63.5 Å². The lowest BCUT2D eigenvalue weighted by Crippen LogP contribution is -2.51. The molecule has 1 saturated heterocycles. The van der Waals surface area contributed by atoms with Gasteiger partial charge in [-0.2, -0.15) is 0 Å². The average molecular weight is 270 g/mol. The van der Waals surface area contributed by atoms with Crippen LogP contribution in [0.15, 0.2) is 0 Å². The predicted octanol–water partition coefficient (Wildman–Crippen LogP) is 1.50. The Kier molecular flexibility index (Phi) is 6.07. The van der Waals surface area contributed by atoms with E-state index in [0.717, 1.165) is 45.2 Å². The molecule has 1 unspecified atom stereocenters. The molecule has 0 aromatic carbocycles. The number of methoxy groups -OCH3 is 1. The molecular formula is C15H30N2O2. The standard InChI is InChI=1S/C15H30N2O2/c1-15(14-5-6-14)13-17(8-3-7-16-15)9-12-19-11-4-10-18-2/h14,16H,3-13H2,1-2H3. The van der Waals surface area contributed by atoms with Crippen LogP contribution in [0.1, 0.15) is 32.6 Å². The van der Waals surface area contributed by atoms with Crippen molar-refractivity contribution in [2.45, 2.75) is 38.1 Å². The Morgan fingerprint density at radius 3 is 2.84 bits per heavy atom. The summed E-state index contributed by atoms with van der Waals surface area (Å²) in [5, 5.41) is 3.77. The molecule has 1 aliphatic heterocycles. The van der Waals surface area contributed by atoms with Crippen LogP contribution in [0, 0.1) is 5.92 Å². The van der Waals surface area contributed by atoms with Gasteiger partial charge in [0.2, 0.25) is 0 Å². The quantitative estimate of drug-likeness (QED) is 0.678. The zero-order chi connectivity index (χ0) is 13.6. The van der Waals surface area contributed by atoms with Crippen LogP contribution in [0.4, 0.5) is 0 Å². The van der Waals surface area contributed by atoms with Crippen molar-refractivity contribution >= 4 is 0 Å². The lowest BCUT2D eigenvalue weighted by molar-refractivity contribution is 0.0783. The Labute approximate surface area is 117 Å². The van der Waals surface area contributed by atoms with Crippen molar-refractivity contribution in [3.8, 4) is 0 Å². The number of nitrogens with one attached hydrogen (secondary N) is 1. The summed E-state index contributed by atoms with van der Waals surface area (Å²) in [6.07, 6.45) is 5.07. The second kappa shape index (κ2) is 7.58. The lowest BCUT2D eigenvalue weighted by atomic mass is 9.95.